The fraction of sp³-hybridized carbons (Fsp3) is 0.913. The summed E-state index contributed by atoms with van der Waals surface area (Å²) in [4.78, 5) is 5.13. The molecule has 0 spiro atoms. The highest BCUT2D eigenvalue weighted by molar-refractivity contribution is 4.96. The Morgan fingerprint density at radius 3 is 1.32 bits per heavy atom. The van der Waals surface area contributed by atoms with E-state index in [1.54, 1.807) is 0 Å². The predicted molar refractivity (Wildman–Crippen MR) is 113 cm³/mol. The molecule has 1 rings (SSSR count). The van der Waals surface area contributed by atoms with Gasteiger partial charge < -0.3 is 9.80 Å². The van der Waals surface area contributed by atoms with Gasteiger partial charge in [0.25, 0.3) is 0 Å². The monoisotopic (exact) mass is 350 g/mol. The van der Waals surface area contributed by atoms with E-state index in [4.69, 9.17) is 0 Å². The second-order valence-corrected chi connectivity index (χ2v) is 7.93. The number of hydrogen-bond acceptors (Lipinski definition) is 2. The average molecular weight is 351 g/mol. The lowest BCUT2D eigenvalue weighted by Crippen LogP contribution is -2.39. The third kappa shape index (κ3) is 10.2. The topological polar surface area (TPSA) is 6.48 Å². The van der Waals surface area contributed by atoms with Gasteiger partial charge in [-0.05, 0) is 25.7 Å². The van der Waals surface area contributed by atoms with Crippen LogP contribution in [-0.2, 0) is 0 Å². The first kappa shape index (κ1) is 22.4. The van der Waals surface area contributed by atoms with Crippen LogP contribution >= 0.6 is 0 Å². The molecule has 1 aliphatic rings. The zero-order valence-corrected chi connectivity index (χ0v) is 17.6. The summed E-state index contributed by atoms with van der Waals surface area (Å²) in [6, 6.07) is 0. The van der Waals surface area contributed by atoms with Crippen LogP contribution in [0, 0.1) is 0 Å². The van der Waals surface area contributed by atoms with Gasteiger partial charge in [0.2, 0.25) is 0 Å². The molecule has 2 nitrogen and oxygen atoms in total. The molecule has 0 atom stereocenters. The van der Waals surface area contributed by atoms with Gasteiger partial charge in [0.1, 0.15) is 6.17 Å². The second-order valence-electron chi connectivity index (χ2n) is 7.93. The van der Waals surface area contributed by atoms with E-state index in [1.165, 1.54) is 109 Å². The maximum atomic E-state index is 2.56. The molecule has 1 heterocycles. The molecule has 0 saturated carbocycles. The molecule has 0 radical (unpaired) electrons. The number of hydrogen-bond donors (Lipinski definition) is 0. The van der Waals surface area contributed by atoms with Crippen molar-refractivity contribution < 1.29 is 0 Å². The molecule has 25 heavy (non-hydrogen) atoms. The molecule has 0 amide bonds. The molecule has 0 saturated heterocycles. The molecule has 0 aromatic rings. The molecular formula is C23H46N2. The predicted octanol–water partition coefficient (Wildman–Crippen LogP) is 7.31. The summed E-state index contributed by atoms with van der Waals surface area (Å²) in [6.07, 6.45) is 26.4. The minimum atomic E-state index is 0.642. The van der Waals surface area contributed by atoms with Crippen LogP contribution in [0.4, 0.5) is 0 Å². The van der Waals surface area contributed by atoms with E-state index in [9.17, 15) is 0 Å². The Hall–Kier alpha value is -0.660. The van der Waals surface area contributed by atoms with Crippen molar-refractivity contribution in [2.24, 2.45) is 0 Å². The van der Waals surface area contributed by atoms with Crippen LogP contribution in [0.2, 0.25) is 0 Å². The standard InChI is InChI=1S/C23H46N2/c1-4-7-8-9-10-11-12-13-14-15-16-17-18-23-24(19-5-2)21-22-25(23)20-6-3/h21-23H,4-20H2,1-3H3. The molecule has 2 heteroatoms. The van der Waals surface area contributed by atoms with E-state index >= 15 is 0 Å². The van der Waals surface area contributed by atoms with Crippen molar-refractivity contribution in [2.75, 3.05) is 13.1 Å². The first-order chi connectivity index (χ1) is 12.3. The highest BCUT2D eigenvalue weighted by Gasteiger charge is 2.24. The summed E-state index contributed by atoms with van der Waals surface area (Å²) in [5.41, 5.74) is 0. The van der Waals surface area contributed by atoms with Gasteiger partial charge in [-0.2, -0.15) is 0 Å². The zero-order chi connectivity index (χ0) is 18.2. The molecule has 148 valence electrons. The first-order valence-electron chi connectivity index (χ1n) is 11.5. The Morgan fingerprint density at radius 2 is 0.920 bits per heavy atom. The summed E-state index contributed by atoms with van der Waals surface area (Å²) >= 11 is 0. The van der Waals surface area contributed by atoms with Crippen molar-refractivity contribution in [1.82, 2.24) is 9.80 Å². The van der Waals surface area contributed by atoms with E-state index in [1.807, 2.05) is 0 Å². The minimum absolute atomic E-state index is 0.642. The lowest BCUT2D eigenvalue weighted by atomic mass is 10.0. The SMILES string of the molecule is CCCCCCCCCCCCCCC1N(CCC)C=CN1CCC. The third-order valence-corrected chi connectivity index (χ3v) is 5.49. The molecule has 0 unspecified atom stereocenters. The van der Waals surface area contributed by atoms with Crippen molar-refractivity contribution in [3.63, 3.8) is 0 Å². The molecule has 1 aliphatic heterocycles. The Morgan fingerprint density at radius 1 is 0.520 bits per heavy atom. The average Bonchev–Trinajstić information content (AvgIpc) is 2.98. The van der Waals surface area contributed by atoms with Gasteiger partial charge in [-0.25, -0.2) is 0 Å². The lowest BCUT2D eigenvalue weighted by Gasteiger charge is -2.32. The summed E-state index contributed by atoms with van der Waals surface area (Å²) < 4.78 is 0. The first-order valence-corrected chi connectivity index (χ1v) is 11.5. The molecular weight excluding hydrogens is 304 g/mol. The number of rotatable bonds is 17. The molecule has 0 bridgehead atoms. The van der Waals surface area contributed by atoms with Crippen LogP contribution in [-0.4, -0.2) is 29.1 Å². The lowest BCUT2D eigenvalue weighted by molar-refractivity contribution is 0.139. The summed E-state index contributed by atoms with van der Waals surface area (Å²) in [7, 11) is 0. The Bertz CT molecular complexity index is 297. The molecule has 0 aromatic heterocycles. The van der Waals surface area contributed by atoms with Crippen molar-refractivity contribution in [2.45, 2.75) is 123 Å². The van der Waals surface area contributed by atoms with Gasteiger partial charge in [-0.1, -0.05) is 91.4 Å². The van der Waals surface area contributed by atoms with Crippen LogP contribution in [0.1, 0.15) is 117 Å². The van der Waals surface area contributed by atoms with Crippen LogP contribution in [0.15, 0.2) is 12.4 Å². The highest BCUT2D eigenvalue weighted by Crippen LogP contribution is 2.22. The smallest absolute Gasteiger partial charge is 0.101 e. The number of nitrogens with zero attached hydrogens (tertiary/aromatic N) is 2. The fourth-order valence-corrected chi connectivity index (χ4v) is 4.02. The van der Waals surface area contributed by atoms with E-state index in [0.717, 1.165) is 0 Å². The third-order valence-electron chi connectivity index (χ3n) is 5.49. The van der Waals surface area contributed by atoms with Gasteiger partial charge in [-0.15, -0.1) is 0 Å². The van der Waals surface area contributed by atoms with Gasteiger partial charge in [0.05, 0.1) is 0 Å². The van der Waals surface area contributed by atoms with Gasteiger partial charge in [0.15, 0.2) is 0 Å². The second kappa shape index (κ2) is 15.6. The van der Waals surface area contributed by atoms with Crippen LogP contribution < -0.4 is 0 Å². The van der Waals surface area contributed by atoms with Gasteiger partial charge in [-0.3, -0.25) is 0 Å². The number of unbranched alkanes of at least 4 members (excludes halogenated alkanes) is 11. The van der Waals surface area contributed by atoms with E-state index in [2.05, 4.69) is 43.0 Å². The summed E-state index contributed by atoms with van der Waals surface area (Å²) in [5, 5.41) is 0. The Kier molecular flexibility index (Phi) is 14.0. The maximum Gasteiger partial charge on any atom is 0.101 e. The molecule has 0 fully saturated rings. The fourth-order valence-electron chi connectivity index (χ4n) is 4.02. The normalized spacial score (nSPS) is 14.8. The minimum Gasteiger partial charge on any atom is -0.356 e. The Balaban J connectivity index is 1.98. The summed E-state index contributed by atoms with van der Waals surface area (Å²) in [6.45, 7) is 9.29. The van der Waals surface area contributed by atoms with Crippen LogP contribution in [0.5, 0.6) is 0 Å². The van der Waals surface area contributed by atoms with Crippen molar-refractivity contribution in [3.8, 4) is 0 Å². The highest BCUT2D eigenvalue weighted by atomic mass is 15.4. The van der Waals surface area contributed by atoms with Crippen molar-refractivity contribution in [1.29, 1.82) is 0 Å². The van der Waals surface area contributed by atoms with E-state index in [0.29, 0.717) is 6.17 Å². The summed E-state index contributed by atoms with van der Waals surface area (Å²) in [5.74, 6) is 0. The van der Waals surface area contributed by atoms with Crippen LogP contribution in [0.3, 0.4) is 0 Å². The van der Waals surface area contributed by atoms with Crippen molar-refractivity contribution in [3.05, 3.63) is 12.4 Å². The largest absolute Gasteiger partial charge is 0.356 e. The maximum absolute atomic E-state index is 2.56. The van der Waals surface area contributed by atoms with E-state index < -0.39 is 0 Å². The molecule has 0 aromatic carbocycles. The molecule has 0 aliphatic carbocycles. The van der Waals surface area contributed by atoms with E-state index in [-0.39, 0.29) is 0 Å². The van der Waals surface area contributed by atoms with Crippen molar-refractivity contribution >= 4 is 0 Å². The van der Waals surface area contributed by atoms with Crippen LogP contribution in [0.25, 0.3) is 0 Å². The quantitative estimate of drug-likeness (QED) is 0.254. The van der Waals surface area contributed by atoms with Gasteiger partial charge in [0, 0.05) is 25.5 Å². The Labute approximate surface area is 159 Å². The molecule has 0 N–H and O–H groups in total. The van der Waals surface area contributed by atoms with Gasteiger partial charge >= 0.3 is 0 Å². The zero-order valence-electron chi connectivity index (χ0n) is 17.6.